The Morgan fingerprint density at radius 2 is 2.00 bits per heavy atom. The summed E-state index contributed by atoms with van der Waals surface area (Å²) < 4.78 is 16.2. The molecule has 3 heterocycles. The van der Waals surface area contributed by atoms with Crippen molar-refractivity contribution in [3.63, 3.8) is 0 Å². The zero-order valence-corrected chi connectivity index (χ0v) is 12.7. The van der Waals surface area contributed by atoms with E-state index < -0.39 is 0 Å². The van der Waals surface area contributed by atoms with Crippen molar-refractivity contribution in [2.75, 3.05) is 0 Å². The van der Waals surface area contributed by atoms with Crippen molar-refractivity contribution in [1.29, 1.82) is 0 Å². The molecular formula is C18H17FN3+. The summed E-state index contributed by atoms with van der Waals surface area (Å²) in [5.74, 6) is -0.230. The van der Waals surface area contributed by atoms with Gasteiger partial charge in [-0.05, 0) is 18.2 Å². The molecule has 0 saturated carbocycles. The lowest BCUT2D eigenvalue weighted by Crippen LogP contribution is -2.58. The molecule has 0 spiro atoms. The minimum Gasteiger partial charge on any atom is -0.236 e. The maximum Gasteiger partial charge on any atom is 0.225 e. The molecule has 3 aromatic rings. The Morgan fingerprint density at radius 3 is 2.73 bits per heavy atom. The fourth-order valence-electron chi connectivity index (χ4n) is 3.85. The van der Waals surface area contributed by atoms with Gasteiger partial charge in [0, 0.05) is 18.4 Å². The molecule has 2 aromatic heterocycles. The lowest BCUT2D eigenvalue weighted by Gasteiger charge is -2.32. The number of pyridine rings is 1. The highest BCUT2D eigenvalue weighted by Gasteiger charge is 2.46. The average molecular weight is 294 g/mol. The van der Waals surface area contributed by atoms with Crippen LogP contribution < -0.4 is 4.57 Å². The van der Waals surface area contributed by atoms with Gasteiger partial charge in [0.15, 0.2) is 11.4 Å². The van der Waals surface area contributed by atoms with Gasteiger partial charge in [-0.15, -0.1) is 0 Å². The molecule has 4 rings (SSSR count). The highest BCUT2D eigenvalue weighted by Crippen LogP contribution is 2.42. The van der Waals surface area contributed by atoms with E-state index >= 15 is 0 Å². The monoisotopic (exact) mass is 294 g/mol. The van der Waals surface area contributed by atoms with E-state index in [0.717, 1.165) is 45.9 Å². The van der Waals surface area contributed by atoms with Crippen molar-refractivity contribution in [3.05, 3.63) is 48.8 Å². The largest absolute Gasteiger partial charge is 0.236 e. The third-order valence-corrected chi connectivity index (χ3v) is 5.07. The number of hydrogen-bond donors (Lipinski definition) is 0. The summed E-state index contributed by atoms with van der Waals surface area (Å²) in [4.78, 5) is 8.86. The fourth-order valence-corrected chi connectivity index (χ4v) is 3.85. The fraction of sp³-hybridized carbons (Fsp3) is 0.278. The molecule has 0 saturated heterocycles. The first-order chi connectivity index (χ1) is 10.6. The summed E-state index contributed by atoms with van der Waals surface area (Å²) in [6.45, 7) is 8.55. The van der Waals surface area contributed by atoms with Crippen LogP contribution in [0.1, 0.15) is 32.4 Å². The number of halogens is 1. The number of allylic oxidation sites excluding steroid dienone is 1. The molecule has 110 valence electrons. The van der Waals surface area contributed by atoms with Crippen molar-refractivity contribution in [2.45, 2.75) is 32.2 Å². The topological polar surface area (TPSA) is 29.7 Å². The Hall–Kier alpha value is -2.36. The highest BCUT2D eigenvalue weighted by atomic mass is 19.1. The Morgan fingerprint density at radius 1 is 1.23 bits per heavy atom. The molecule has 0 aliphatic carbocycles. The molecule has 1 aliphatic rings. The SMILES string of the molecule is C=C1c2ncnc3ccc4cc(F)c[n+](c4c23)C1(CC)CC. The van der Waals surface area contributed by atoms with Crippen LogP contribution in [0.5, 0.6) is 0 Å². The minimum atomic E-state index is -0.337. The van der Waals surface area contributed by atoms with Gasteiger partial charge in [-0.25, -0.2) is 14.4 Å². The van der Waals surface area contributed by atoms with E-state index in [1.54, 1.807) is 18.6 Å². The zero-order chi connectivity index (χ0) is 15.5. The third-order valence-electron chi connectivity index (χ3n) is 5.07. The Kier molecular flexibility index (Phi) is 2.61. The maximum absolute atomic E-state index is 14.2. The van der Waals surface area contributed by atoms with E-state index in [9.17, 15) is 4.39 Å². The molecule has 0 unspecified atom stereocenters. The first kappa shape index (κ1) is 13.3. The maximum atomic E-state index is 14.2. The minimum absolute atomic E-state index is 0.230. The van der Waals surface area contributed by atoms with Crippen LogP contribution in [0, 0.1) is 5.82 Å². The van der Waals surface area contributed by atoms with Crippen molar-refractivity contribution in [1.82, 2.24) is 9.97 Å². The number of hydrogen-bond acceptors (Lipinski definition) is 2. The van der Waals surface area contributed by atoms with Crippen molar-refractivity contribution < 1.29 is 8.96 Å². The van der Waals surface area contributed by atoms with Gasteiger partial charge in [0.25, 0.3) is 0 Å². The van der Waals surface area contributed by atoms with Crippen LogP contribution in [0.3, 0.4) is 0 Å². The molecule has 0 N–H and O–H groups in total. The zero-order valence-electron chi connectivity index (χ0n) is 12.7. The lowest BCUT2D eigenvalue weighted by molar-refractivity contribution is -0.728. The molecular weight excluding hydrogens is 277 g/mol. The molecule has 3 nitrogen and oxygen atoms in total. The van der Waals surface area contributed by atoms with Crippen LogP contribution in [0.2, 0.25) is 0 Å². The Labute approximate surface area is 128 Å². The van der Waals surface area contributed by atoms with Gasteiger partial charge < -0.3 is 0 Å². The van der Waals surface area contributed by atoms with Gasteiger partial charge in [0.1, 0.15) is 6.33 Å². The molecule has 22 heavy (non-hydrogen) atoms. The molecule has 0 bridgehead atoms. The lowest BCUT2D eigenvalue weighted by atomic mass is 9.79. The van der Waals surface area contributed by atoms with E-state index in [2.05, 4.69) is 35.0 Å². The summed E-state index contributed by atoms with van der Waals surface area (Å²) in [5.41, 5.74) is 3.38. The summed E-state index contributed by atoms with van der Waals surface area (Å²) in [7, 11) is 0. The van der Waals surface area contributed by atoms with Gasteiger partial charge in [-0.2, -0.15) is 4.57 Å². The standard InChI is InChI=1S/C18H17FN3/c1-4-18(5-2)11(3)16-15-14(20-10-21-16)7-6-12-8-13(19)9-22(18)17(12)15/h6-10H,3-5H2,1-2H3/q+1. The molecule has 1 aromatic carbocycles. The quantitative estimate of drug-likeness (QED) is 0.532. The summed E-state index contributed by atoms with van der Waals surface area (Å²) in [6.07, 6.45) is 4.86. The number of nitrogens with zero attached hydrogens (tertiary/aromatic N) is 3. The predicted octanol–water partition coefficient (Wildman–Crippen LogP) is 3.75. The first-order valence-electron chi connectivity index (χ1n) is 7.61. The van der Waals surface area contributed by atoms with E-state index in [1.807, 2.05) is 12.1 Å². The predicted molar refractivity (Wildman–Crippen MR) is 84.8 cm³/mol. The second kappa shape index (κ2) is 4.32. The van der Waals surface area contributed by atoms with Crippen LogP contribution in [0.25, 0.3) is 27.4 Å². The van der Waals surface area contributed by atoms with E-state index in [1.165, 1.54) is 0 Å². The number of rotatable bonds is 2. The average Bonchev–Trinajstić information content (AvgIpc) is 2.54. The second-order valence-electron chi connectivity index (χ2n) is 5.87. The summed E-state index contributed by atoms with van der Waals surface area (Å²) in [6, 6.07) is 5.43. The van der Waals surface area contributed by atoms with Crippen LogP contribution >= 0.6 is 0 Å². The van der Waals surface area contributed by atoms with Crippen molar-refractivity contribution >= 4 is 27.4 Å². The van der Waals surface area contributed by atoms with E-state index in [-0.39, 0.29) is 11.4 Å². The molecule has 0 radical (unpaired) electrons. The molecule has 1 aliphatic heterocycles. The van der Waals surface area contributed by atoms with Crippen LogP contribution in [0.4, 0.5) is 4.39 Å². The normalized spacial score (nSPS) is 15.9. The summed E-state index contributed by atoms with van der Waals surface area (Å²) in [5, 5.41) is 1.85. The third kappa shape index (κ3) is 1.42. The Balaban J connectivity index is 2.34. The van der Waals surface area contributed by atoms with Crippen LogP contribution in [-0.2, 0) is 5.54 Å². The number of aromatic nitrogens is 3. The highest BCUT2D eigenvalue weighted by molar-refractivity contribution is 6.08. The van der Waals surface area contributed by atoms with Crippen LogP contribution in [0.15, 0.2) is 37.3 Å². The van der Waals surface area contributed by atoms with Crippen LogP contribution in [-0.4, -0.2) is 9.97 Å². The Bertz CT molecular complexity index is 942. The van der Waals surface area contributed by atoms with Gasteiger partial charge in [0.05, 0.1) is 22.0 Å². The van der Waals surface area contributed by atoms with E-state index in [0.29, 0.717) is 0 Å². The second-order valence-corrected chi connectivity index (χ2v) is 5.87. The van der Waals surface area contributed by atoms with Crippen molar-refractivity contribution in [2.24, 2.45) is 0 Å². The summed E-state index contributed by atoms with van der Waals surface area (Å²) >= 11 is 0. The molecule has 0 amide bonds. The van der Waals surface area contributed by atoms with Gasteiger partial charge in [-0.1, -0.05) is 20.4 Å². The molecule has 0 atom stereocenters. The van der Waals surface area contributed by atoms with Gasteiger partial charge >= 0.3 is 0 Å². The van der Waals surface area contributed by atoms with Crippen molar-refractivity contribution in [3.8, 4) is 0 Å². The smallest absolute Gasteiger partial charge is 0.225 e. The molecule has 0 fully saturated rings. The van der Waals surface area contributed by atoms with Gasteiger partial charge in [-0.3, -0.25) is 0 Å². The molecule has 4 heteroatoms. The van der Waals surface area contributed by atoms with E-state index in [4.69, 9.17) is 0 Å². The van der Waals surface area contributed by atoms with Gasteiger partial charge in [0.2, 0.25) is 11.7 Å². The number of benzene rings is 1. The first-order valence-corrected chi connectivity index (χ1v) is 7.61.